The number of ketones is 1. The van der Waals surface area contributed by atoms with Crippen molar-refractivity contribution in [3.05, 3.63) is 23.4 Å². The molecule has 0 aliphatic carbocycles. The van der Waals surface area contributed by atoms with E-state index in [0.29, 0.717) is 17.8 Å². The molecule has 0 saturated carbocycles. The van der Waals surface area contributed by atoms with Crippen LogP contribution in [0.4, 0.5) is 5.82 Å². The maximum Gasteiger partial charge on any atom is 0.168 e. The standard InChI is InChI=1S/C12H19N3O/c1-3-4-9(13)6-11(16)10-5-8(2)7-15-12(10)14/h5,7,9H,3-4,6,13H2,1-2H3,(H2,14,15). The van der Waals surface area contributed by atoms with E-state index >= 15 is 0 Å². The lowest BCUT2D eigenvalue weighted by molar-refractivity contribution is 0.0973. The van der Waals surface area contributed by atoms with Crippen molar-refractivity contribution >= 4 is 11.6 Å². The van der Waals surface area contributed by atoms with Gasteiger partial charge in [-0.3, -0.25) is 4.79 Å². The Bertz CT molecular complexity index is 377. The van der Waals surface area contributed by atoms with Crippen LogP contribution in [0.2, 0.25) is 0 Å². The number of hydrogen-bond donors (Lipinski definition) is 2. The van der Waals surface area contributed by atoms with Crippen LogP contribution in [0, 0.1) is 6.92 Å². The Balaban J connectivity index is 2.76. The van der Waals surface area contributed by atoms with E-state index in [0.717, 1.165) is 18.4 Å². The second kappa shape index (κ2) is 5.61. The van der Waals surface area contributed by atoms with Crippen molar-refractivity contribution in [1.29, 1.82) is 0 Å². The third kappa shape index (κ3) is 3.31. The van der Waals surface area contributed by atoms with Crippen molar-refractivity contribution in [2.45, 2.75) is 39.2 Å². The van der Waals surface area contributed by atoms with Gasteiger partial charge in [0, 0.05) is 18.7 Å². The monoisotopic (exact) mass is 221 g/mol. The first-order valence-electron chi connectivity index (χ1n) is 5.55. The van der Waals surface area contributed by atoms with Crippen LogP contribution in [0.25, 0.3) is 0 Å². The Morgan fingerprint density at radius 3 is 2.88 bits per heavy atom. The van der Waals surface area contributed by atoms with Gasteiger partial charge in [0.15, 0.2) is 5.78 Å². The lowest BCUT2D eigenvalue weighted by Gasteiger charge is -2.10. The number of carbonyl (C=O) groups excluding carboxylic acids is 1. The second-order valence-electron chi connectivity index (χ2n) is 4.12. The molecule has 0 spiro atoms. The summed E-state index contributed by atoms with van der Waals surface area (Å²) < 4.78 is 0. The van der Waals surface area contributed by atoms with Gasteiger partial charge >= 0.3 is 0 Å². The minimum Gasteiger partial charge on any atom is -0.383 e. The highest BCUT2D eigenvalue weighted by molar-refractivity contribution is 6.00. The molecule has 0 radical (unpaired) electrons. The maximum atomic E-state index is 11.9. The number of hydrogen-bond acceptors (Lipinski definition) is 4. The van der Waals surface area contributed by atoms with Crippen LogP contribution in [0.15, 0.2) is 12.3 Å². The van der Waals surface area contributed by atoms with E-state index in [1.54, 1.807) is 12.3 Å². The zero-order valence-corrected chi connectivity index (χ0v) is 9.86. The fraction of sp³-hybridized carbons (Fsp3) is 0.500. The van der Waals surface area contributed by atoms with Gasteiger partial charge in [-0.05, 0) is 25.0 Å². The minimum atomic E-state index is -0.0857. The van der Waals surface area contributed by atoms with Crippen LogP contribution < -0.4 is 11.5 Å². The largest absolute Gasteiger partial charge is 0.383 e. The second-order valence-corrected chi connectivity index (χ2v) is 4.12. The molecule has 4 nitrogen and oxygen atoms in total. The maximum absolute atomic E-state index is 11.9. The van der Waals surface area contributed by atoms with Crippen molar-refractivity contribution in [1.82, 2.24) is 4.98 Å². The Morgan fingerprint density at radius 2 is 2.25 bits per heavy atom. The highest BCUT2D eigenvalue weighted by Gasteiger charge is 2.14. The highest BCUT2D eigenvalue weighted by atomic mass is 16.1. The van der Waals surface area contributed by atoms with Gasteiger partial charge in [0.25, 0.3) is 0 Å². The van der Waals surface area contributed by atoms with Crippen LogP contribution in [0.1, 0.15) is 42.1 Å². The Hall–Kier alpha value is -1.42. The SMILES string of the molecule is CCCC(N)CC(=O)c1cc(C)cnc1N. The van der Waals surface area contributed by atoms with Gasteiger partial charge in [0.05, 0.1) is 5.56 Å². The van der Waals surface area contributed by atoms with Gasteiger partial charge < -0.3 is 11.5 Å². The number of aromatic nitrogens is 1. The van der Waals surface area contributed by atoms with Crippen molar-refractivity contribution in [2.75, 3.05) is 5.73 Å². The summed E-state index contributed by atoms with van der Waals surface area (Å²) in [6.45, 7) is 3.93. The molecular formula is C12H19N3O. The zero-order chi connectivity index (χ0) is 12.1. The van der Waals surface area contributed by atoms with E-state index in [1.165, 1.54) is 0 Å². The minimum absolute atomic E-state index is 0.0188. The average Bonchev–Trinajstić information content (AvgIpc) is 2.21. The van der Waals surface area contributed by atoms with Crippen molar-refractivity contribution in [3.8, 4) is 0 Å². The van der Waals surface area contributed by atoms with Crippen molar-refractivity contribution in [2.24, 2.45) is 5.73 Å². The van der Waals surface area contributed by atoms with Crippen molar-refractivity contribution < 1.29 is 4.79 Å². The predicted octanol–water partition coefficient (Wildman–Crippen LogP) is 1.67. The molecule has 0 saturated heterocycles. The molecule has 1 rings (SSSR count). The predicted molar refractivity (Wildman–Crippen MR) is 65.2 cm³/mol. The third-order valence-corrected chi connectivity index (χ3v) is 2.46. The Morgan fingerprint density at radius 1 is 1.56 bits per heavy atom. The van der Waals surface area contributed by atoms with Gasteiger partial charge in [0.1, 0.15) is 5.82 Å². The molecule has 0 bridgehead atoms. The first-order valence-corrected chi connectivity index (χ1v) is 5.55. The average molecular weight is 221 g/mol. The number of anilines is 1. The van der Waals surface area contributed by atoms with Gasteiger partial charge in [-0.25, -0.2) is 4.98 Å². The zero-order valence-electron chi connectivity index (χ0n) is 9.86. The number of carbonyl (C=O) groups is 1. The van der Waals surface area contributed by atoms with E-state index < -0.39 is 0 Å². The summed E-state index contributed by atoms with van der Waals surface area (Å²) in [5.41, 5.74) is 12.9. The van der Waals surface area contributed by atoms with Crippen LogP contribution in [-0.2, 0) is 0 Å². The molecule has 1 aromatic rings. The van der Waals surface area contributed by atoms with E-state index in [4.69, 9.17) is 11.5 Å². The van der Waals surface area contributed by atoms with Crippen LogP contribution in [-0.4, -0.2) is 16.8 Å². The number of nitrogen functional groups attached to an aromatic ring is 1. The summed E-state index contributed by atoms with van der Waals surface area (Å²) in [7, 11) is 0. The van der Waals surface area contributed by atoms with E-state index in [9.17, 15) is 4.79 Å². The Kier molecular flexibility index (Phi) is 4.43. The van der Waals surface area contributed by atoms with Crippen LogP contribution >= 0.6 is 0 Å². The lowest BCUT2D eigenvalue weighted by atomic mass is 10.0. The summed E-state index contributed by atoms with van der Waals surface area (Å²) in [5, 5.41) is 0. The number of nitrogens with zero attached hydrogens (tertiary/aromatic N) is 1. The molecule has 16 heavy (non-hydrogen) atoms. The van der Waals surface area contributed by atoms with Gasteiger partial charge in [-0.2, -0.15) is 0 Å². The summed E-state index contributed by atoms with van der Waals surface area (Å²) in [5.74, 6) is 0.272. The van der Waals surface area contributed by atoms with Gasteiger partial charge in [0.2, 0.25) is 0 Å². The first-order chi connectivity index (χ1) is 7.54. The topological polar surface area (TPSA) is 82.0 Å². The van der Waals surface area contributed by atoms with E-state index in [-0.39, 0.29) is 11.8 Å². The molecule has 0 amide bonds. The molecule has 0 aliphatic rings. The Labute approximate surface area is 96.0 Å². The number of rotatable bonds is 5. The number of nitrogens with two attached hydrogens (primary N) is 2. The van der Waals surface area contributed by atoms with Gasteiger partial charge in [-0.1, -0.05) is 13.3 Å². The van der Waals surface area contributed by atoms with Crippen LogP contribution in [0.3, 0.4) is 0 Å². The summed E-state index contributed by atoms with van der Waals surface area (Å²) in [6, 6.07) is 1.68. The molecule has 1 heterocycles. The number of pyridine rings is 1. The smallest absolute Gasteiger partial charge is 0.168 e. The molecule has 88 valence electrons. The fourth-order valence-corrected chi connectivity index (χ4v) is 1.62. The molecule has 0 aromatic carbocycles. The highest BCUT2D eigenvalue weighted by Crippen LogP contribution is 2.14. The molecule has 1 atom stereocenters. The van der Waals surface area contributed by atoms with Crippen molar-refractivity contribution in [3.63, 3.8) is 0 Å². The first kappa shape index (κ1) is 12.6. The fourth-order valence-electron chi connectivity index (χ4n) is 1.62. The molecule has 1 aromatic heterocycles. The molecule has 4 heteroatoms. The van der Waals surface area contributed by atoms with E-state index in [2.05, 4.69) is 4.98 Å². The normalized spacial score (nSPS) is 12.4. The summed E-state index contributed by atoms with van der Waals surface area (Å²) in [4.78, 5) is 15.9. The van der Waals surface area contributed by atoms with Gasteiger partial charge in [-0.15, -0.1) is 0 Å². The quantitative estimate of drug-likeness (QED) is 0.741. The number of aryl methyl sites for hydroxylation is 1. The molecule has 0 aliphatic heterocycles. The van der Waals surface area contributed by atoms with Crippen LogP contribution in [0.5, 0.6) is 0 Å². The lowest BCUT2D eigenvalue weighted by Crippen LogP contribution is -2.24. The molecule has 1 unspecified atom stereocenters. The summed E-state index contributed by atoms with van der Waals surface area (Å²) in [6.07, 6.45) is 3.82. The van der Waals surface area contributed by atoms with E-state index in [1.807, 2.05) is 13.8 Å². The third-order valence-electron chi connectivity index (χ3n) is 2.46. The number of Topliss-reactive ketones (excluding diaryl/α,β-unsaturated/α-hetero) is 1. The molecule has 0 fully saturated rings. The molecule has 4 N–H and O–H groups in total. The molecular weight excluding hydrogens is 202 g/mol. The summed E-state index contributed by atoms with van der Waals surface area (Å²) >= 11 is 0.